The lowest BCUT2D eigenvalue weighted by Gasteiger charge is -2.18. The SMILES string of the molecule is CCNC(Cc1ccc(OC)c(Br)c1)CC1CC1. The molecule has 2 nitrogen and oxygen atoms in total. The third-order valence-electron chi connectivity index (χ3n) is 3.51. The van der Waals surface area contributed by atoms with Crippen molar-refractivity contribution in [1.82, 2.24) is 5.32 Å². The third-order valence-corrected chi connectivity index (χ3v) is 4.13. The van der Waals surface area contributed by atoms with E-state index in [9.17, 15) is 0 Å². The van der Waals surface area contributed by atoms with Crippen LogP contribution in [0.15, 0.2) is 22.7 Å². The second kappa shape index (κ2) is 6.58. The van der Waals surface area contributed by atoms with Gasteiger partial charge in [0.25, 0.3) is 0 Å². The van der Waals surface area contributed by atoms with Gasteiger partial charge in [0.05, 0.1) is 11.6 Å². The molecule has 18 heavy (non-hydrogen) atoms. The van der Waals surface area contributed by atoms with Crippen molar-refractivity contribution in [3.63, 3.8) is 0 Å². The van der Waals surface area contributed by atoms with Gasteiger partial charge < -0.3 is 10.1 Å². The summed E-state index contributed by atoms with van der Waals surface area (Å²) in [6.45, 7) is 3.23. The number of rotatable bonds is 7. The molecule has 1 saturated carbocycles. The maximum atomic E-state index is 5.26. The molecule has 1 aromatic rings. The lowest BCUT2D eigenvalue weighted by Crippen LogP contribution is -2.31. The van der Waals surface area contributed by atoms with Gasteiger partial charge in [0.1, 0.15) is 5.75 Å². The molecule has 1 unspecified atom stereocenters. The van der Waals surface area contributed by atoms with Crippen molar-refractivity contribution >= 4 is 15.9 Å². The van der Waals surface area contributed by atoms with Crippen LogP contribution in [0.3, 0.4) is 0 Å². The fourth-order valence-corrected chi connectivity index (χ4v) is 2.99. The molecule has 1 aromatic carbocycles. The van der Waals surface area contributed by atoms with E-state index in [0.29, 0.717) is 6.04 Å². The zero-order valence-electron chi connectivity index (χ0n) is 11.2. The highest BCUT2D eigenvalue weighted by atomic mass is 79.9. The maximum absolute atomic E-state index is 5.26. The number of benzene rings is 1. The van der Waals surface area contributed by atoms with E-state index in [0.717, 1.165) is 29.1 Å². The fraction of sp³-hybridized carbons (Fsp3) is 0.600. The first kappa shape index (κ1) is 13.9. The molecule has 0 aromatic heterocycles. The Hall–Kier alpha value is -0.540. The van der Waals surface area contributed by atoms with E-state index in [4.69, 9.17) is 4.74 Å². The molecule has 0 bridgehead atoms. The molecule has 100 valence electrons. The van der Waals surface area contributed by atoms with E-state index in [1.165, 1.54) is 24.8 Å². The van der Waals surface area contributed by atoms with Crippen molar-refractivity contribution < 1.29 is 4.74 Å². The minimum absolute atomic E-state index is 0.614. The highest BCUT2D eigenvalue weighted by molar-refractivity contribution is 9.10. The number of nitrogens with one attached hydrogen (secondary N) is 1. The van der Waals surface area contributed by atoms with Gasteiger partial charge in [-0.1, -0.05) is 25.8 Å². The normalized spacial score (nSPS) is 16.6. The summed E-state index contributed by atoms with van der Waals surface area (Å²) in [6.07, 6.45) is 5.27. The van der Waals surface area contributed by atoms with Crippen LogP contribution in [0.5, 0.6) is 5.75 Å². The molecule has 2 rings (SSSR count). The van der Waals surface area contributed by atoms with Crippen LogP contribution in [0.25, 0.3) is 0 Å². The Labute approximate surface area is 118 Å². The number of hydrogen-bond acceptors (Lipinski definition) is 2. The van der Waals surface area contributed by atoms with Gasteiger partial charge in [-0.05, 0) is 58.9 Å². The van der Waals surface area contributed by atoms with E-state index in [1.54, 1.807) is 7.11 Å². The zero-order chi connectivity index (χ0) is 13.0. The van der Waals surface area contributed by atoms with Gasteiger partial charge in [-0.25, -0.2) is 0 Å². The van der Waals surface area contributed by atoms with Gasteiger partial charge in [0, 0.05) is 6.04 Å². The molecule has 1 fully saturated rings. The maximum Gasteiger partial charge on any atom is 0.133 e. The predicted molar refractivity (Wildman–Crippen MR) is 79.2 cm³/mol. The van der Waals surface area contributed by atoms with Gasteiger partial charge in [-0.3, -0.25) is 0 Å². The Balaban J connectivity index is 1.98. The summed E-state index contributed by atoms with van der Waals surface area (Å²) in [5, 5.41) is 3.60. The quantitative estimate of drug-likeness (QED) is 0.827. The van der Waals surface area contributed by atoms with Crippen molar-refractivity contribution in [2.24, 2.45) is 5.92 Å². The van der Waals surface area contributed by atoms with Gasteiger partial charge in [0.2, 0.25) is 0 Å². The summed E-state index contributed by atoms with van der Waals surface area (Å²) in [5.74, 6) is 1.87. The van der Waals surface area contributed by atoms with Crippen molar-refractivity contribution in [3.8, 4) is 5.75 Å². The number of methoxy groups -OCH3 is 1. The van der Waals surface area contributed by atoms with E-state index >= 15 is 0 Å². The molecular weight excluding hydrogens is 290 g/mol. The zero-order valence-corrected chi connectivity index (χ0v) is 12.8. The highest BCUT2D eigenvalue weighted by Gasteiger charge is 2.25. The average molecular weight is 312 g/mol. The molecule has 0 amide bonds. The van der Waals surface area contributed by atoms with Crippen molar-refractivity contribution in [3.05, 3.63) is 28.2 Å². The minimum atomic E-state index is 0.614. The third kappa shape index (κ3) is 3.99. The second-order valence-electron chi connectivity index (χ2n) is 5.11. The smallest absolute Gasteiger partial charge is 0.133 e. The van der Waals surface area contributed by atoms with Crippen molar-refractivity contribution in [2.45, 2.75) is 38.6 Å². The number of hydrogen-bond donors (Lipinski definition) is 1. The van der Waals surface area contributed by atoms with Gasteiger partial charge in [-0.2, -0.15) is 0 Å². The molecule has 1 N–H and O–H groups in total. The first-order valence-electron chi connectivity index (χ1n) is 6.78. The van der Waals surface area contributed by atoms with Crippen molar-refractivity contribution in [1.29, 1.82) is 0 Å². The molecule has 1 aliphatic carbocycles. The Morgan fingerprint density at radius 1 is 1.44 bits per heavy atom. The number of halogens is 1. The summed E-state index contributed by atoms with van der Waals surface area (Å²) in [7, 11) is 1.70. The predicted octanol–water partition coefficient (Wildman–Crippen LogP) is 3.78. The number of likely N-dealkylation sites (N-methyl/N-ethyl adjacent to an activating group) is 1. The molecule has 3 heteroatoms. The molecule has 1 atom stereocenters. The van der Waals surface area contributed by atoms with E-state index in [-0.39, 0.29) is 0 Å². The lowest BCUT2D eigenvalue weighted by molar-refractivity contribution is 0.411. The molecule has 0 aliphatic heterocycles. The second-order valence-corrected chi connectivity index (χ2v) is 5.96. The van der Waals surface area contributed by atoms with E-state index < -0.39 is 0 Å². The standard InChI is InChI=1S/C15H22BrNO/c1-3-17-13(8-11-4-5-11)9-12-6-7-15(18-2)14(16)10-12/h6-7,10-11,13,17H,3-5,8-9H2,1-2H3. The summed E-state index contributed by atoms with van der Waals surface area (Å²) in [6, 6.07) is 7.00. The van der Waals surface area contributed by atoms with Crippen LogP contribution in [-0.4, -0.2) is 19.7 Å². The van der Waals surface area contributed by atoms with E-state index in [2.05, 4.69) is 40.3 Å². The van der Waals surface area contributed by atoms with Crippen LogP contribution >= 0.6 is 15.9 Å². The van der Waals surface area contributed by atoms with Crippen LogP contribution in [0.4, 0.5) is 0 Å². The monoisotopic (exact) mass is 311 g/mol. The lowest BCUT2D eigenvalue weighted by atomic mass is 10.0. The van der Waals surface area contributed by atoms with Crippen LogP contribution in [0, 0.1) is 5.92 Å². The van der Waals surface area contributed by atoms with Gasteiger partial charge >= 0.3 is 0 Å². The van der Waals surface area contributed by atoms with Crippen LogP contribution < -0.4 is 10.1 Å². The van der Waals surface area contributed by atoms with Gasteiger partial charge in [-0.15, -0.1) is 0 Å². The Morgan fingerprint density at radius 3 is 2.78 bits per heavy atom. The fourth-order valence-electron chi connectivity index (χ4n) is 2.40. The molecular formula is C15H22BrNO. The largest absolute Gasteiger partial charge is 0.496 e. The molecule has 1 aliphatic rings. The summed E-state index contributed by atoms with van der Waals surface area (Å²) in [4.78, 5) is 0. The van der Waals surface area contributed by atoms with Gasteiger partial charge in [0.15, 0.2) is 0 Å². The van der Waals surface area contributed by atoms with Crippen molar-refractivity contribution in [2.75, 3.05) is 13.7 Å². The van der Waals surface area contributed by atoms with Crippen LogP contribution in [-0.2, 0) is 6.42 Å². The summed E-state index contributed by atoms with van der Waals surface area (Å²) < 4.78 is 6.31. The summed E-state index contributed by atoms with van der Waals surface area (Å²) in [5.41, 5.74) is 1.37. The average Bonchev–Trinajstić information content (AvgIpc) is 3.13. The Bertz CT molecular complexity index is 390. The van der Waals surface area contributed by atoms with Crippen LogP contribution in [0.2, 0.25) is 0 Å². The molecule has 0 spiro atoms. The first-order valence-corrected chi connectivity index (χ1v) is 7.58. The molecule has 0 radical (unpaired) electrons. The number of ether oxygens (including phenoxy) is 1. The van der Waals surface area contributed by atoms with Crippen LogP contribution in [0.1, 0.15) is 31.7 Å². The Kier molecular flexibility index (Phi) is 5.07. The highest BCUT2D eigenvalue weighted by Crippen LogP contribution is 2.34. The molecule has 0 heterocycles. The van der Waals surface area contributed by atoms with E-state index in [1.807, 2.05) is 6.07 Å². The minimum Gasteiger partial charge on any atom is -0.496 e. The first-order chi connectivity index (χ1) is 8.72. The topological polar surface area (TPSA) is 21.3 Å². The molecule has 0 saturated heterocycles. The summed E-state index contributed by atoms with van der Waals surface area (Å²) >= 11 is 3.55. The Morgan fingerprint density at radius 2 is 2.22 bits per heavy atom.